The molecule has 0 aromatic heterocycles. The zero-order chi connectivity index (χ0) is 10.0. The number of aliphatic hydroxyl groups is 1. The van der Waals surface area contributed by atoms with Gasteiger partial charge in [-0.3, -0.25) is 0 Å². The number of hydrogen-bond donors (Lipinski definition) is 2. The third-order valence-electron chi connectivity index (χ3n) is 3.66. The molecule has 0 amide bonds. The second-order valence-corrected chi connectivity index (χ2v) is 9.14. The minimum Gasteiger partial charge on any atom is -0.391 e. The summed E-state index contributed by atoms with van der Waals surface area (Å²) >= 11 is 0. The number of nitrogens with one attached hydrogen (secondary N) is 1. The number of aliphatic hydroxyl groups excluding tert-OH is 1. The Hall–Kier alpha value is 0.270. The highest BCUT2D eigenvalue weighted by Gasteiger charge is 2.30. The van der Waals surface area contributed by atoms with Crippen molar-refractivity contribution >= 4 is 10.0 Å². The van der Waals surface area contributed by atoms with E-state index < -0.39 is 10.0 Å². The molecule has 2 N–H and O–H groups in total. The van der Waals surface area contributed by atoms with E-state index >= 15 is 0 Å². The molecule has 2 nitrogen and oxygen atoms in total. The third kappa shape index (κ3) is 2.44. The largest absolute Gasteiger partial charge is 0.391 e. The van der Waals surface area contributed by atoms with Crippen LogP contribution in [-0.2, 0) is 0 Å². The Kier molecular flexibility index (Phi) is 3.40. The van der Waals surface area contributed by atoms with Crippen LogP contribution >= 0.6 is 10.0 Å². The van der Waals surface area contributed by atoms with Crippen molar-refractivity contribution in [2.45, 2.75) is 37.8 Å². The van der Waals surface area contributed by atoms with Gasteiger partial charge in [0.25, 0.3) is 0 Å². The summed E-state index contributed by atoms with van der Waals surface area (Å²) in [5.41, 5.74) is 0. The maximum Gasteiger partial charge on any atom is 0.0768 e. The molecule has 2 atom stereocenters. The van der Waals surface area contributed by atoms with E-state index in [9.17, 15) is 5.11 Å². The molecule has 2 aliphatic heterocycles. The fourth-order valence-electron chi connectivity index (χ4n) is 2.74. The standard InChI is InChI=1S/C11H23NOS/c1-14(7-2-3-8-14)9-11(13)10-5-4-6-12-10/h10-13H,2-9H2,1H3/t10-,11+/m0/s1. The molecule has 0 unspecified atom stereocenters. The van der Waals surface area contributed by atoms with Crippen LogP contribution in [0.3, 0.4) is 0 Å². The van der Waals surface area contributed by atoms with Gasteiger partial charge in [0, 0.05) is 11.8 Å². The molecular weight excluding hydrogens is 194 g/mol. The minimum absolute atomic E-state index is 0.0735. The van der Waals surface area contributed by atoms with Gasteiger partial charge in [-0.05, 0) is 50.0 Å². The van der Waals surface area contributed by atoms with Gasteiger partial charge in [0.1, 0.15) is 0 Å². The Labute approximate surface area is 88.8 Å². The van der Waals surface area contributed by atoms with E-state index in [1.807, 2.05) is 0 Å². The quantitative estimate of drug-likeness (QED) is 0.747. The molecular formula is C11H23NOS. The normalized spacial score (nSPS) is 35.7. The van der Waals surface area contributed by atoms with Gasteiger partial charge in [0.05, 0.1) is 6.10 Å². The van der Waals surface area contributed by atoms with Crippen LogP contribution in [0.1, 0.15) is 25.7 Å². The van der Waals surface area contributed by atoms with Crippen molar-refractivity contribution in [3.63, 3.8) is 0 Å². The van der Waals surface area contributed by atoms with Crippen molar-refractivity contribution in [2.24, 2.45) is 0 Å². The smallest absolute Gasteiger partial charge is 0.0768 e. The summed E-state index contributed by atoms with van der Waals surface area (Å²) < 4.78 is 0. The zero-order valence-electron chi connectivity index (χ0n) is 9.17. The molecule has 14 heavy (non-hydrogen) atoms. The second-order valence-electron chi connectivity index (χ2n) is 5.03. The van der Waals surface area contributed by atoms with Gasteiger partial charge in [0.2, 0.25) is 0 Å². The first-order chi connectivity index (χ1) is 6.70. The predicted octanol–water partition coefficient (Wildman–Crippen LogP) is 1.33. The van der Waals surface area contributed by atoms with Crippen LogP contribution in [-0.4, -0.2) is 47.3 Å². The van der Waals surface area contributed by atoms with Crippen LogP contribution in [0.5, 0.6) is 0 Å². The molecule has 0 radical (unpaired) electrons. The summed E-state index contributed by atoms with van der Waals surface area (Å²) in [5, 5.41) is 13.5. The summed E-state index contributed by atoms with van der Waals surface area (Å²) in [6.45, 7) is 1.10. The Morgan fingerprint density at radius 1 is 1.36 bits per heavy atom. The monoisotopic (exact) mass is 217 g/mol. The van der Waals surface area contributed by atoms with E-state index in [0.717, 1.165) is 12.3 Å². The number of hydrogen-bond acceptors (Lipinski definition) is 2. The highest BCUT2D eigenvalue weighted by atomic mass is 32.3. The lowest BCUT2D eigenvalue weighted by molar-refractivity contribution is 0.158. The van der Waals surface area contributed by atoms with Crippen LogP contribution < -0.4 is 5.32 Å². The fraction of sp³-hybridized carbons (Fsp3) is 1.00. The molecule has 0 aromatic rings. The second kappa shape index (κ2) is 4.42. The minimum atomic E-state index is -0.430. The molecule has 0 bridgehead atoms. The molecule has 0 aliphatic carbocycles. The van der Waals surface area contributed by atoms with E-state index in [4.69, 9.17) is 0 Å². The first-order valence-corrected chi connectivity index (χ1v) is 8.37. The van der Waals surface area contributed by atoms with E-state index in [2.05, 4.69) is 11.6 Å². The van der Waals surface area contributed by atoms with Gasteiger partial charge >= 0.3 is 0 Å². The van der Waals surface area contributed by atoms with Crippen LogP contribution in [0.4, 0.5) is 0 Å². The van der Waals surface area contributed by atoms with E-state index in [-0.39, 0.29) is 6.10 Å². The summed E-state index contributed by atoms with van der Waals surface area (Å²) in [7, 11) is -0.430. The number of rotatable bonds is 3. The lowest BCUT2D eigenvalue weighted by atomic mass is 10.1. The van der Waals surface area contributed by atoms with Crippen LogP contribution in [0, 0.1) is 0 Å². The molecule has 84 valence electrons. The molecule has 0 saturated carbocycles. The first kappa shape index (κ1) is 10.8. The highest BCUT2D eigenvalue weighted by molar-refractivity contribution is 8.33. The van der Waals surface area contributed by atoms with Crippen molar-refractivity contribution in [1.82, 2.24) is 5.32 Å². The lowest BCUT2D eigenvalue weighted by Gasteiger charge is -2.34. The van der Waals surface area contributed by atoms with Gasteiger partial charge in [-0.1, -0.05) is 0 Å². The third-order valence-corrected chi connectivity index (χ3v) is 7.36. The molecule has 2 fully saturated rings. The van der Waals surface area contributed by atoms with Crippen LogP contribution in [0.25, 0.3) is 0 Å². The fourth-order valence-corrected chi connectivity index (χ4v) is 6.13. The van der Waals surface area contributed by atoms with Gasteiger partial charge < -0.3 is 10.4 Å². The Balaban J connectivity index is 1.83. The highest BCUT2D eigenvalue weighted by Crippen LogP contribution is 2.51. The predicted molar refractivity (Wildman–Crippen MR) is 64.4 cm³/mol. The van der Waals surface area contributed by atoms with E-state index in [0.29, 0.717) is 6.04 Å². The molecule has 2 heterocycles. The molecule has 2 rings (SSSR count). The van der Waals surface area contributed by atoms with Gasteiger partial charge in [-0.2, -0.15) is 0 Å². The average Bonchev–Trinajstić information content (AvgIpc) is 2.74. The van der Waals surface area contributed by atoms with Crippen molar-refractivity contribution < 1.29 is 5.11 Å². The molecule has 0 spiro atoms. The van der Waals surface area contributed by atoms with Gasteiger partial charge in [-0.15, -0.1) is 0 Å². The van der Waals surface area contributed by atoms with Crippen molar-refractivity contribution in [2.75, 3.05) is 30.1 Å². The van der Waals surface area contributed by atoms with E-state index in [1.165, 1.54) is 37.2 Å². The Morgan fingerprint density at radius 3 is 2.64 bits per heavy atom. The SMILES string of the molecule is CS1(C[C@@H](O)[C@@H]2CCCN2)CCCC1. The van der Waals surface area contributed by atoms with Crippen LogP contribution in [0.15, 0.2) is 0 Å². The molecule has 0 aromatic carbocycles. The lowest BCUT2D eigenvalue weighted by Crippen LogP contribution is -2.38. The van der Waals surface area contributed by atoms with Crippen molar-refractivity contribution in [3.8, 4) is 0 Å². The summed E-state index contributed by atoms with van der Waals surface area (Å²) in [4.78, 5) is 0. The van der Waals surface area contributed by atoms with Crippen molar-refractivity contribution in [1.29, 1.82) is 0 Å². The summed E-state index contributed by atoms with van der Waals surface area (Å²) in [6.07, 6.45) is 7.58. The maximum absolute atomic E-state index is 10.1. The molecule has 2 aliphatic rings. The first-order valence-electron chi connectivity index (χ1n) is 5.82. The zero-order valence-corrected chi connectivity index (χ0v) is 9.98. The summed E-state index contributed by atoms with van der Waals surface area (Å²) in [5.74, 6) is 3.89. The summed E-state index contributed by atoms with van der Waals surface area (Å²) in [6, 6.07) is 0.403. The van der Waals surface area contributed by atoms with Gasteiger partial charge in [0.15, 0.2) is 0 Å². The van der Waals surface area contributed by atoms with Crippen molar-refractivity contribution in [3.05, 3.63) is 0 Å². The maximum atomic E-state index is 10.1. The average molecular weight is 217 g/mol. The van der Waals surface area contributed by atoms with Gasteiger partial charge in [-0.25, -0.2) is 10.0 Å². The Bertz CT molecular complexity index is 186. The molecule has 3 heteroatoms. The van der Waals surface area contributed by atoms with E-state index in [1.54, 1.807) is 0 Å². The molecule has 2 saturated heterocycles. The van der Waals surface area contributed by atoms with Crippen LogP contribution in [0.2, 0.25) is 0 Å². The topological polar surface area (TPSA) is 32.3 Å². The Morgan fingerprint density at radius 2 is 2.07 bits per heavy atom.